The van der Waals surface area contributed by atoms with Crippen LogP contribution in [-0.4, -0.2) is 30.7 Å². The van der Waals surface area contributed by atoms with Crippen LogP contribution in [0.15, 0.2) is 55.1 Å². The zero-order chi connectivity index (χ0) is 19.6. The minimum atomic E-state index is -0.203. The Morgan fingerprint density at radius 2 is 2.17 bits per heavy atom. The fourth-order valence-electron chi connectivity index (χ4n) is 2.85. The third-order valence-corrected chi connectivity index (χ3v) is 6.69. The van der Waals surface area contributed by atoms with E-state index in [0.717, 1.165) is 32.6 Å². The molecule has 0 aromatic carbocycles. The van der Waals surface area contributed by atoms with Crippen LogP contribution in [0, 0.1) is 0 Å². The molecule has 4 heterocycles. The Bertz CT molecular complexity index is 1170. The molecule has 4 aromatic heterocycles. The zero-order valence-electron chi connectivity index (χ0n) is 15.4. The van der Waals surface area contributed by atoms with Crippen molar-refractivity contribution >= 4 is 40.4 Å². The smallest absolute Gasteiger partial charge is 0.280 e. The molecule has 1 amide bonds. The molecule has 29 heavy (non-hydrogen) atoms. The molecule has 4 aromatic rings. The summed E-state index contributed by atoms with van der Waals surface area (Å²) in [4.78, 5) is 22.1. The molecule has 0 saturated heterocycles. The molecule has 7 nitrogen and oxygen atoms in total. The van der Waals surface area contributed by atoms with Gasteiger partial charge in [-0.3, -0.25) is 9.78 Å². The summed E-state index contributed by atoms with van der Waals surface area (Å²) in [5, 5.41) is 8.39. The zero-order valence-corrected chi connectivity index (χ0v) is 17.0. The maximum absolute atomic E-state index is 12.5. The second-order valence-corrected chi connectivity index (χ2v) is 8.89. The van der Waals surface area contributed by atoms with E-state index in [-0.39, 0.29) is 5.91 Å². The first kappa shape index (κ1) is 18.1. The first-order chi connectivity index (χ1) is 14.3. The van der Waals surface area contributed by atoms with E-state index in [1.54, 1.807) is 30.5 Å². The minimum absolute atomic E-state index is 0.203. The number of fused-ring (bicyclic) bond motifs is 1. The van der Waals surface area contributed by atoms with E-state index in [0.29, 0.717) is 11.6 Å². The molecule has 5 rings (SSSR count). The van der Waals surface area contributed by atoms with Crippen molar-refractivity contribution in [3.05, 3.63) is 65.8 Å². The molecular formula is C20H18N6OS2. The van der Waals surface area contributed by atoms with Crippen LogP contribution in [0.2, 0.25) is 0 Å². The highest BCUT2D eigenvalue weighted by Gasteiger charge is 2.22. The largest absolute Gasteiger partial charge is 0.344 e. The van der Waals surface area contributed by atoms with Crippen molar-refractivity contribution in [2.75, 3.05) is 4.72 Å². The number of rotatable bonds is 7. The van der Waals surface area contributed by atoms with Gasteiger partial charge in [-0.15, -0.1) is 11.3 Å². The van der Waals surface area contributed by atoms with Crippen molar-refractivity contribution in [1.29, 1.82) is 0 Å². The SMILES string of the molecule is O=C(NCc1cc(NSC2CC2)ccn1)c1ncc(-c2cnn3ccccc23)s1. The van der Waals surface area contributed by atoms with E-state index in [9.17, 15) is 4.79 Å². The van der Waals surface area contributed by atoms with Gasteiger partial charge in [-0.2, -0.15) is 5.10 Å². The Hall–Kier alpha value is -2.91. The van der Waals surface area contributed by atoms with E-state index >= 15 is 0 Å². The predicted molar refractivity (Wildman–Crippen MR) is 116 cm³/mol. The topological polar surface area (TPSA) is 84.2 Å². The molecule has 0 aliphatic heterocycles. The Labute approximate surface area is 175 Å². The molecule has 1 aliphatic rings. The van der Waals surface area contributed by atoms with Crippen LogP contribution in [0.4, 0.5) is 5.69 Å². The Morgan fingerprint density at radius 3 is 3.07 bits per heavy atom. The van der Waals surface area contributed by atoms with E-state index in [1.165, 1.54) is 24.2 Å². The molecule has 0 atom stereocenters. The van der Waals surface area contributed by atoms with E-state index < -0.39 is 0 Å². The number of nitrogens with zero attached hydrogens (tertiary/aromatic N) is 4. The van der Waals surface area contributed by atoms with Crippen molar-refractivity contribution in [1.82, 2.24) is 24.9 Å². The van der Waals surface area contributed by atoms with Gasteiger partial charge in [0.05, 0.1) is 28.8 Å². The molecular weight excluding hydrogens is 404 g/mol. The maximum Gasteiger partial charge on any atom is 0.280 e. The van der Waals surface area contributed by atoms with Gasteiger partial charge in [0.25, 0.3) is 5.91 Å². The lowest BCUT2D eigenvalue weighted by molar-refractivity contribution is 0.0950. The summed E-state index contributed by atoms with van der Waals surface area (Å²) >= 11 is 3.10. The van der Waals surface area contributed by atoms with Crippen LogP contribution in [0.5, 0.6) is 0 Å². The lowest BCUT2D eigenvalue weighted by Crippen LogP contribution is -2.23. The van der Waals surface area contributed by atoms with Gasteiger partial charge in [-0.25, -0.2) is 9.50 Å². The number of pyridine rings is 2. The van der Waals surface area contributed by atoms with Gasteiger partial charge in [0.15, 0.2) is 5.01 Å². The summed E-state index contributed by atoms with van der Waals surface area (Å²) in [6.07, 6.45) is 9.72. The minimum Gasteiger partial charge on any atom is -0.344 e. The van der Waals surface area contributed by atoms with Crippen LogP contribution in [0.3, 0.4) is 0 Å². The second-order valence-electron chi connectivity index (χ2n) is 6.76. The van der Waals surface area contributed by atoms with Gasteiger partial charge in [0.1, 0.15) is 0 Å². The molecule has 0 radical (unpaired) electrons. The van der Waals surface area contributed by atoms with Crippen LogP contribution in [-0.2, 0) is 6.54 Å². The fraction of sp³-hybridized carbons (Fsp3) is 0.200. The van der Waals surface area contributed by atoms with Crippen LogP contribution >= 0.6 is 23.3 Å². The highest BCUT2D eigenvalue weighted by atomic mass is 32.2. The maximum atomic E-state index is 12.5. The van der Waals surface area contributed by atoms with E-state index in [2.05, 4.69) is 25.1 Å². The Morgan fingerprint density at radius 1 is 1.24 bits per heavy atom. The third-order valence-electron chi connectivity index (χ3n) is 4.51. The molecule has 1 saturated carbocycles. The summed E-state index contributed by atoms with van der Waals surface area (Å²) in [6, 6.07) is 9.79. The number of aromatic nitrogens is 4. The molecule has 2 N–H and O–H groups in total. The number of anilines is 1. The average Bonchev–Trinajstić information content (AvgIpc) is 3.28. The summed E-state index contributed by atoms with van der Waals surface area (Å²) < 4.78 is 5.15. The second kappa shape index (κ2) is 7.84. The van der Waals surface area contributed by atoms with Crippen molar-refractivity contribution in [2.24, 2.45) is 0 Å². The summed E-state index contributed by atoms with van der Waals surface area (Å²) in [5.41, 5.74) is 3.77. The number of hydrogen-bond donors (Lipinski definition) is 2. The lowest BCUT2D eigenvalue weighted by Gasteiger charge is -2.07. The first-order valence-corrected chi connectivity index (χ1v) is 11.0. The van der Waals surface area contributed by atoms with Crippen molar-refractivity contribution in [3.8, 4) is 10.4 Å². The van der Waals surface area contributed by atoms with Gasteiger partial charge in [-0.1, -0.05) is 6.07 Å². The van der Waals surface area contributed by atoms with E-state index in [4.69, 9.17) is 0 Å². The lowest BCUT2D eigenvalue weighted by atomic mass is 10.2. The van der Waals surface area contributed by atoms with Crippen LogP contribution in [0.1, 0.15) is 28.3 Å². The summed E-state index contributed by atoms with van der Waals surface area (Å²) in [5.74, 6) is -0.203. The summed E-state index contributed by atoms with van der Waals surface area (Å²) in [6.45, 7) is 0.355. The van der Waals surface area contributed by atoms with Gasteiger partial charge in [-0.05, 0) is 49.1 Å². The van der Waals surface area contributed by atoms with Gasteiger partial charge >= 0.3 is 0 Å². The number of carbonyl (C=O) groups excluding carboxylic acids is 1. The molecule has 0 spiro atoms. The number of amides is 1. The first-order valence-electron chi connectivity index (χ1n) is 9.29. The normalized spacial score (nSPS) is 13.5. The number of hydrogen-bond acceptors (Lipinski definition) is 7. The standard InChI is InChI=1S/C20H18N6OS2/c27-19(22-10-14-9-13(6-7-21-14)25-29-15-4-5-15)20-23-12-18(28-20)16-11-24-26-8-2-1-3-17(16)26/h1-3,6-9,11-12,15H,4-5,10H2,(H,21,25)(H,22,27). The number of thiazole rings is 1. The monoisotopic (exact) mass is 422 g/mol. The number of carbonyl (C=O) groups is 1. The molecule has 1 aliphatic carbocycles. The molecule has 0 bridgehead atoms. The predicted octanol–water partition coefficient (Wildman–Crippen LogP) is 4.01. The van der Waals surface area contributed by atoms with Gasteiger partial charge in [0.2, 0.25) is 0 Å². The van der Waals surface area contributed by atoms with Crippen LogP contribution < -0.4 is 10.0 Å². The Kier molecular flexibility index (Phi) is 4.91. The molecule has 0 unspecified atom stereocenters. The van der Waals surface area contributed by atoms with Crippen molar-refractivity contribution in [2.45, 2.75) is 24.6 Å². The van der Waals surface area contributed by atoms with Gasteiger partial charge < -0.3 is 10.0 Å². The quantitative estimate of drug-likeness (QED) is 0.438. The molecule has 146 valence electrons. The molecule has 1 fully saturated rings. The molecule has 9 heteroatoms. The highest BCUT2D eigenvalue weighted by Crippen LogP contribution is 2.34. The third kappa shape index (κ3) is 4.10. The fourth-order valence-corrected chi connectivity index (χ4v) is 4.50. The van der Waals surface area contributed by atoms with Crippen molar-refractivity contribution in [3.63, 3.8) is 0 Å². The number of nitrogens with one attached hydrogen (secondary N) is 2. The van der Waals surface area contributed by atoms with Gasteiger partial charge in [0, 0.05) is 35.1 Å². The summed E-state index contributed by atoms with van der Waals surface area (Å²) in [7, 11) is 0. The van der Waals surface area contributed by atoms with E-state index in [1.807, 2.05) is 41.0 Å². The highest BCUT2D eigenvalue weighted by molar-refractivity contribution is 8.01. The average molecular weight is 423 g/mol. The Balaban J connectivity index is 1.24. The van der Waals surface area contributed by atoms with Crippen molar-refractivity contribution < 1.29 is 4.79 Å². The van der Waals surface area contributed by atoms with Crippen LogP contribution in [0.25, 0.3) is 16.0 Å².